The van der Waals surface area contributed by atoms with Gasteiger partial charge < -0.3 is 14.6 Å². The smallest absolute Gasteiger partial charge is 0.119 e. The van der Waals surface area contributed by atoms with Gasteiger partial charge >= 0.3 is 0 Å². The van der Waals surface area contributed by atoms with Crippen LogP contribution in [-0.2, 0) is 6.54 Å². The van der Waals surface area contributed by atoms with Crippen LogP contribution < -0.4 is 10.1 Å². The van der Waals surface area contributed by atoms with Crippen molar-refractivity contribution < 1.29 is 4.74 Å². The standard InChI is InChI=1S/C18H26N2O/c1-21-17-8-9-18-15(14-17)10-13-20(18)12-5-11-19-16-6-3-2-4-7-16/h8-10,13-14,16,19H,2-7,11-12H2,1H3. The van der Waals surface area contributed by atoms with E-state index in [1.54, 1.807) is 7.11 Å². The van der Waals surface area contributed by atoms with Gasteiger partial charge in [0.2, 0.25) is 0 Å². The van der Waals surface area contributed by atoms with E-state index in [0.717, 1.165) is 24.9 Å². The van der Waals surface area contributed by atoms with Gasteiger partial charge in [0.15, 0.2) is 0 Å². The fraction of sp³-hybridized carbons (Fsp3) is 0.556. The second-order valence-corrected chi connectivity index (χ2v) is 6.08. The van der Waals surface area contributed by atoms with E-state index in [0.29, 0.717) is 0 Å². The number of hydrogen-bond donors (Lipinski definition) is 1. The molecule has 1 aromatic carbocycles. The number of rotatable bonds is 6. The van der Waals surface area contributed by atoms with Crippen LogP contribution in [0, 0.1) is 0 Å². The van der Waals surface area contributed by atoms with Crippen LogP contribution in [0.2, 0.25) is 0 Å². The maximum Gasteiger partial charge on any atom is 0.119 e. The molecule has 1 N–H and O–H groups in total. The third-order valence-electron chi connectivity index (χ3n) is 4.59. The quantitative estimate of drug-likeness (QED) is 0.813. The van der Waals surface area contributed by atoms with Crippen molar-refractivity contribution in [1.29, 1.82) is 0 Å². The Morgan fingerprint density at radius 2 is 2.05 bits per heavy atom. The van der Waals surface area contributed by atoms with E-state index >= 15 is 0 Å². The fourth-order valence-electron chi connectivity index (χ4n) is 3.36. The van der Waals surface area contributed by atoms with Gasteiger partial charge in [0, 0.05) is 29.7 Å². The van der Waals surface area contributed by atoms with Crippen molar-refractivity contribution in [3.05, 3.63) is 30.5 Å². The van der Waals surface area contributed by atoms with Crippen LogP contribution in [0.25, 0.3) is 10.9 Å². The molecule has 21 heavy (non-hydrogen) atoms. The number of nitrogens with one attached hydrogen (secondary N) is 1. The van der Waals surface area contributed by atoms with Crippen LogP contribution in [0.1, 0.15) is 38.5 Å². The molecule has 1 heterocycles. The lowest BCUT2D eigenvalue weighted by Gasteiger charge is -2.22. The minimum absolute atomic E-state index is 0.768. The van der Waals surface area contributed by atoms with Crippen molar-refractivity contribution in [3.63, 3.8) is 0 Å². The number of ether oxygens (including phenoxy) is 1. The van der Waals surface area contributed by atoms with Crippen molar-refractivity contribution in [2.45, 2.75) is 51.1 Å². The van der Waals surface area contributed by atoms with E-state index in [2.05, 4.69) is 34.3 Å². The minimum atomic E-state index is 0.768. The maximum atomic E-state index is 5.28. The maximum absolute atomic E-state index is 5.28. The van der Waals surface area contributed by atoms with Gasteiger partial charge in [-0.15, -0.1) is 0 Å². The summed E-state index contributed by atoms with van der Waals surface area (Å²) in [5.74, 6) is 0.930. The first-order valence-electron chi connectivity index (χ1n) is 8.23. The molecule has 0 aliphatic heterocycles. The highest BCUT2D eigenvalue weighted by Crippen LogP contribution is 2.22. The van der Waals surface area contributed by atoms with E-state index in [1.807, 2.05) is 6.07 Å². The number of nitrogens with zero attached hydrogens (tertiary/aromatic N) is 1. The first-order chi connectivity index (χ1) is 10.4. The third kappa shape index (κ3) is 3.59. The van der Waals surface area contributed by atoms with Gasteiger partial charge in [0.05, 0.1) is 7.11 Å². The van der Waals surface area contributed by atoms with Gasteiger partial charge in [0.1, 0.15) is 5.75 Å². The molecule has 2 aromatic rings. The van der Waals surface area contributed by atoms with Crippen LogP contribution >= 0.6 is 0 Å². The van der Waals surface area contributed by atoms with Crippen molar-refractivity contribution in [2.75, 3.05) is 13.7 Å². The van der Waals surface area contributed by atoms with E-state index in [-0.39, 0.29) is 0 Å². The van der Waals surface area contributed by atoms with Crippen molar-refractivity contribution in [2.24, 2.45) is 0 Å². The Morgan fingerprint density at radius 1 is 1.19 bits per heavy atom. The Kier molecular flexibility index (Phi) is 4.81. The van der Waals surface area contributed by atoms with Crippen molar-refractivity contribution >= 4 is 10.9 Å². The molecule has 0 radical (unpaired) electrons. The normalized spacial score (nSPS) is 16.4. The third-order valence-corrected chi connectivity index (χ3v) is 4.59. The molecule has 3 nitrogen and oxygen atoms in total. The second kappa shape index (κ2) is 6.99. The van der Waals surface area contributed by atoms with Gasteiger partial charge in [-0.2, -0.15) is 0 Å². The van der Waals surface area contributed by atoms with E-state index in [4.69, 9.17) is 4.74 Å². The summed E-state index contributed by atoms with van der Waals surface area (Å²) in [6, 6.07) is 9.24. The van der Waals surface area contributed by atoms with Gasteiger partial charge in [-0.1, -0.05) is 19.3 Å². The van der Waals surface area contributed by atoms with Gasteiger partial charge in [-0.3, -0.25) is 0 Å². The van der Waals surface area contributed by atoms with Gasteiger partial charge in [-0.25, -0.2) is 0 Å². The average Bonchev–Trinajstić information content (AvgIpc) is 2.95. The molecule has 1 saturated carbocycles. The Balaban J connectivity index is 1.51. The molecule has 1 fully saturated rings. The molecular weight excluding hydrogens is 260 g/mol. The molecular formula is C18H26N2O. The zero-order chi connectivity index (χ0) is 14.5. The van der Waals surface area contributed by atoms with E-state index in [1.165, 1.54) is 49.4 Å². The predicted molar refractivity (Wildman–Crippen MR) is 88.0 cm³/mol. The average molecular weight is 286 g/mol. The lowest BCUT2D eigenvalue weighted by Crippen LogP contribution is -2.32. The molecule has 114 valence electrons. The molecule has 1 aliphatic rings. The molecule has 0 spiro atoms. The van der Waals surface area contributed by atoms with Crippen LogP contribution in [-0.4, -0.2) is 24.3 Å². The number of fused-ring (bicyclic) bond motifs is 1. The summed E-state index contributed by atoms with van der Waals surface area (Å²) in [6.07, 6.45) is 10.3. The van der Waals surface area contributed by atoms with Crippen molar-refractivity contribution in [1.82, 2.24) is 9.88 Å². The van der Waals surface area contributed by atoms with Crippen LogP contribution in [0.3, 0.4) is 0 Å². The lowest BCUT2D eigenvalue weighted by molar-refractivity contribution is 0.369. The highest BCUT2D eigenvalue weighted by atomic mass is 16.5. The van der Waals surface area contributed by atoms with Gasteiger partial charge in [0.25, 0.3) is 0 Å². The number of methoxy groups -OCH3 is 1. The zero-order valence-corrected chi connectivity index (χ0v) is 13.0. The second-order valence-electron chi connectivity index (χ2n) is 6.08. The fourth-order valence-corrected chi connectivity index (χ4v) is 3.36. The summed E-state index contributed by atoms with van der Waals surface area (Å²) in [7, 11) is 1.72. The molecule has 1 aromatic heterocycles. The summed E-state index contributed by atoms with van der Waals surface area (Å²) < 4.78 is 7.62. The number of aromatic nitrogens is 1. The summed E-state index contributed by atoms with van der Waals surface area (Å²) >= 11 is 0. The van der Waals surface area contributed by atoms with Crippen molar-refractivity contribution in [3.8, 4) is 5.75 Å². The van der Waals surface area contributed by atoms with Crippen LogP contribution in [0.5, 0.6) is 5.75 Å². The zero-order valence-electron chi connectivity index (χ0n) is 13.0. The Bertz CT molecular complexity index is 570. The molecule has 0 saturated heterocycles. The SMILES string of the molecule is COc1ccc2c(ccn2CCCNC2CCCCC2)c1. The highest BCUT2D eigenvalue weighted by Gasteiger charge is 2.11. The first kappa shape index (κ1) is 14.5. The molecule has 3 heteroatoms. The molecule has 0 bridgehead atoms. The number of aryl methyl sites for hydroxylation is 1. The molecule has 0 unspecified atom stereocenters. The predicted octanol–water partition coefficient (Wildman–Crippen LogP) is 3.96. The van der Waals surface area contributed by atoms with Crippen LogP contribution in [0.4, 0.5) is 0 Å². The number of benzene rings is 1. The molecule has 3 rings (SSSR count). The topological polar surface area (TPSA) is 26.2 Å². The summed E-state index contributed by atoms with van der Waals surface area (Å²) in [6.45, 7) is 2.20. The Labute approximate surface area is 127 Å². The summed E-state index contributed by atoms with van der Waals surface area (Å²) in [5, 5.41) is 4.98. The monoisotopic (exact) mass is 286 g/mol. The first-order valence-corrected chi connectivity index (χ1v) is 8.23. The van der Waals surface area contributed by atoms with Gasteiger partial charge in [-0.05, 0) is 50.1 Å². The largest absolute Gasteiger partial charge is 0.497 e. The Hall–Kier alpha value is -1.48. The van der Waals surface area contributed by atoms with E-state index < -0.39 is 0 Å². The molecule has 1 aliphatic carbocycles. The summed E-state index contributed by atoms with van der Waals surface area (Å²) in [4.78, 5) is 0. The lowest BCUT2D eigenvalue weighted by atomic mass is 9.95. The molecule has 0 amide bonds. The minimum Gasteiger partial charge on any atom is -0.497 e. The molecule has 0 atom stereocenters. The Morgan fingerprint density at radius 3 is 2.86 bits per heavy atom. The number of hydrogen-bond acceptors (Lipinski definition) is 2. The van der Waals surface area contributed by atoms with E-state index in [9.17, 15) is 0 Å². The summed E-state index contributed by atoms with van der Waals surface area (Å²) in [5.41, 5.74) is 1.30. The van der Waals surface area contributed by atoms with Crippen LogP contribution in [0.15, 0.2) is 30.5 Å². The highest BCUT2D eigenvalue weighted by molar-refractivity contribution is 5.81.